The molecule has 21 aromatic carbocycles. The summed E-state index contributed by atoms with van der Waals surface area (Å²) >= 11 is 0. The van der Waals surface area contributed by atoms with Crippen molar-refractivity contribution in [1.82, 2.24) is 44.9 Å². The molecule has 6 aromatic heterocycles. The van der Waals surface area contributed by atoms with E-state index in [9.17, 15) is 0 Å². The molecule has 0 saturated carbocycles. The molecule has 0 N–H and O–H groups in total. The largest absolute Gasteiger partial charge is 0.256 e. The van der Waals surface area contributed by atoms with Crippen molar-refractivity contribution in [1.29, 1.82) is 0 Å². The fourth-order valence-corrected chi connectivity index (χ4v) is 20.1. The van der Waals surface area contributed by atoms with Gasteiger partial charge in [0.1, 0.15) is 0 Å². The van der Waals surface area contributed by atoms with Crippen LogP contribution in [0.1, 0.15) is 0 Å². The summed E-state index contributed by atoms with van der Waals surface area (Å²) in [6.45, 7) is 0. The second kappa shape index (κ2) is 41.3. The van der Waals surface area contributed by atoms with E-state index in [1.807, 2.05) is 158 Å². The summed E-state index contributed by atoms with van der Waals surface area (Å²) in [5, 5.41) is 10.7. The lowest BCUT2D eigenvalue weighted by atomic mass is 9.93. The number of aromatic nitrogens is 9. The number of rotatable bonds is 18. The predicted octanol–water partition coefficient (Wildman–Crippen LogP) is 36.5. The van der Waals surface area contributed by atoms with Crippen LogP contribution in [0, 0.1) is 0 Å². The average Bonchev–Trinajstić information content (AvgIpc) is 0.778. The Bertz CT molecular complexity index is 9040. The number of nitrogens with zero attached hydrogens (tertiary/aromatic N) is 9. The van der Waals surface area contributed by atoms with Crippen LogP contribution in [0.4, 0.5) is 0 Å². The summed E-state index contributed by atoms with van der Waals surface area (Å²) in [5.74, 6) is 2.13. The third-order valence-electron chi connectivity index (χ3n) is 28.1. The van der Waals surface area contributed by atoms with Crippen LogP contribution in [-0.2, 0) is 0 Å². The van der Waals surface area contributed by atoms with Gasteiger partial charge >= 0.3 is 0 Å². The third kappa shape index (κ3) is 19.4. The van der Waals surface area contributed by atoms with Crippen LogP contribution in [-0.4, -0.2) is 44.9 Å². The van der Waals surface area contributed by atoms with Crippen LogP contribution in [0.3, 0.4) is 0 Å². The Hall–Kier alpha value is -20.1. The first kappa shape index (κ1) is 91.1. The van der Waals surface area contributed by atoms with E-state index in [4.69, 9.17) is 29.9 Å². The normalized spacial score (nSPS) is 11.2. The van der Waals surface area contributed by atoms with Crippen LogP contribution in [0.2, 0.25) is 0 Å². The van der Waals surface area contributed by atoms with Gasteiger partial charge in [0.15, 0.2) is 17.5 Å². The van der Waals surface area contributed by atoms with E-state index < -0.39 is 0 Å². The summed E-state index contributed by atoms with van der Waals surface area (Å²) in [4.78, 5) is 44.0. The molecule has 6 heterocycles. The number of hydrogen-bond donors (Lipinski definition) is 0. The van der Waals surface area contributed by atoms with Gasteiger partial charge in [-0.05, 0) is 182 Å². The van der Waals surface area contributed by atoms with Crippen molar-refractivity contribution in [2.75, 3.05) is 0 Å². The summed E-state index contributed by atoms with van der Waals surface area (Å²) in [6, 6.07) is 192. The lowest BCUT2D eigenvalue weighted by Crippen LogP contribution is -1.96. The van der Waals surface area contributed by atoms with E-state index in [0.717, 1.165) is 173 Å². The molecule has 0 aliphatic rings. The summed E-state index contributed by atoms with van der Waals surface area (Å²) < 4.78 is 0. The lowest BCUT2D eigenvalue weighted by Gasteiger charge is -2.12. The SMILES string of the molecule is c1ccc(-c2cc(-c3ccc(-c4cccc5ccc(-c6ccc(-c7cnc8ccccc8c7)cc6)cc45)cc3)nc(-c3ccccc3)n2)cc1.c1ccc(-c2cc(-c3ccccc3)nc(-c3ccc(-c4cccc5ccc(-c6ccc(-c7cccc8cccnc78)cc6)cc45)cc3)n2)cc1.c1ccc(-c2cc(-c3ccccc3)nc(-c3ccc(-c4cccc5ccc(-c6ccc(-c7cnc8ccccc8c7)cc6)cc45)cc3)n2)cc1. The molecule has 0 amide bonds. The minimum atomic E-state index is 0.708. The first-order valence-corrected chi connectivity index (χ1v) is 50.5. The highest BCUT2D eigenvalue weighted by atomic mass is 14.9. The minimum absolute atomic E-state index is 0.708. The molecule has 0 radical (unpaired) electrons. The molecule has 9 heteroatoms. The minimum Gasteiger partial charge on any atom is -0.256 e. The molecule has 9 nitrogen and oxygen atoms in total. The van der Waals surface area contributed by atoms with E-state index >= 15 is 0 Å². The smallest absolute Gasteiger partial charge is 0.160 e. The number of benzene rings is 21. The van der Waals surface area contributed by atoms with Crippen LogP contribution in [0.15, 0.2) is 565 Å². The highest BCUT2D eigenvalue weighted by molar-refractivity contribution is 6.04. The lowest BCUT2D eigenvalue weighted by molar-refractivity contribution is 1.18. The Labute approximate surface area is 870 Å². The maximum absolute atomic E-state index is 5.02. The quantitative estimate of drug-likeness (QED) is 0.0828. The van der Waals surface area contributed by atoms with Crippen LogP contribution >= 0.6 is 0 Å². The van der Waals surface area contributed by atoms with Crippen molar-refractivity contribution in [2.45, 2.75) is 0 Å². The van der Waals surface area contributed by atoms with Gasteiger partial charge in [-0.15, -0.1) is 0 Å². The van der Waals surface area contributed by atoms with Gasteiger partial charge in [-0.2, -0.15) is 0 Å². The molecule has 27 rings (SSSR count). The van der Waals surface area contributed by atoms with Crippen LogP contribution in [0.5, 0.6) is 0 Å². The van der Waals surface area contributed by atoms with E-state index in [0.29, 0.717) is 11.6 Å². The molecule has 0 aliphatic carbocycles. The van der Waals surface area contributed by atoms with Crippen molar-refractivity contribution in [3.63, 3.8) is 0 Å². The van der Waals surface area contributed by atoms with Crippen molar-refractivity contribution in [2.24, 2.45) is 0 Å². The highest BCUT2D eigenvalue weighted by Gasteiger charge is 2.20. The molecule has 0 spiro atoms. The Kier molecular flexibility index (Phi) is 25.1. The van der Waals surface area contributed by atoms with Crippen LogP contribution in [0.25, 0.3) is 267 Å². The standard InChI is InChI=1S/3C47H31N3/c1-3-10-36(11-4-1)44-31-45(37-12-5-2-6-13-37)50-47(49-44)39-26-23-34(24-27-39)41-17-7-14-33-25-28-40(30-43(33)41)32-19-21-35(22-20-32)42-18-8-15-38-16-9-29-48-46(38)42;1-3-10-36(11-4-1)45-30-46(50-47(49-45)38-12-5-2-6-13-38)37-25-22-35(23-26-37)42-16-9-15-34-24-27-39(29-43(34)42)32-18-20-33(21-19-32)41-28-40-14-7-8-17-44(40)48-31-41;1-3-10-36(11-4-1)45-30-46(37-12-5-2-6-13-37)50-47(49-45)38-25-22-35(23-26-38)42-16-9-15-34-24-27-39(29-43(34)42)32-18-20-33(21-19-32)41-28-40-14-7-8-17-44(40)48-31-41/h3*1-31H. The number of pyridine rings is 3. The molecule has 0 fully saturated rings. The zero-order valence-electron chi connectivity index (χ0n) is 81.7. The molecule has 0 unspecified atom stereocenters. The zero-order valence-corrected chi connectivity index (χ0v) is 81.7. The molecule has 150 heavy (non-hydrogen) atoms. The zero-order chi connectivity index (χ0) is 99.8. The Morgan fingerprint density at radius 1 is 0.120 bits per heavy atom. The molecule has 0 saturated heterocycles. The summed E-state index contributed by atoms with van der Waals surface area (Å²) in [5.41, 5.74) is 38.8. The van der Waals surface area contributed by atoms with Gasteiger partial charge < -0.3 is 0 Å². The van der Waals surface area contributed by atoms with Crippen molar-refractivity contribution < 1.29 is 0 Å². The first-order chi connectivity index (χ1) is 74.3. The van der Waals surface area contributed by atoms with Gasteiger partial charge in [-0.1, -0.05) is 479 Å². The van der Waals surface area contributed by atoms with Gasteiger partial charge in [0.2, 0.25) is 0 Å². The van der Waals surface area contributed by atoms with Gasteiger partial charge in [0, 0.05) is 102 Å². The first-order valence-electron chi connectivity index (χ1n) is 50.5. The van der Waals surface area contributed by atoms with E-state index in [-0.39, 0.29) is 0 Å². The maximum atomic E-state index is 5.02. The molecular weight excluding hydrogens is 1820 g/mol. The van der Waals surface area contributed by atoms with E-state index in [1.165, 1.54) is 82.4 Å². The molecule has 0 atom stereocenters. The summed E-state index contributed by atoms with van der Waals surface area (Å²) in [6.07, 6.45) is 5.78. The average molecular weight is 1910 g/mol. The second-order valence-corrected chi connectivity index (χ2v) is 37.5. The number of hydrogen-bond acceptors (Lipinski definition) is 9. The Morgan fingerprint density at radius 2 is 0.347 bits per heavy atom. The number of fused-ring (bicyclic) bond motifs is 6. The highest BCUT2D eigenvalue weighted by Crippen LogP contribution is 2.43. The molecule has 27 aromatic rings. The predicted molar refractivity (Wildman–Crippen MR) is 622 cm³/mol. The van der Waals surface area contributed by atoms with E-state index in [1.54, 1.807) is 0 Å². The van der Waals surface area contributed by atoms with E-state index in [2.05, 4.69) is 421 Å². The van der Waals surface area contributed by atoms with Crippen molar-refractivity contribution in [3.8, 4) is 202 Å². The Morgan fingerprint density at radius 3 is 0.673 bits per heavy atom. The monoisotopic (exact) mass is 1910 g/mol. The second-order valence-electron chi connectivity index (χ2n) is 37.5. The van der Waals surface area contributed by atoms with Crippen molar-refractivity contribution >= 4 is 65.0 Å². The van der Waals surface area contributed by atoms with Crippen molar-refractivity contribution in [3.05, 3.63) is 565 Å². The molecular formula is C141H93N9. The molecule has 0 aliphatic heterocycles. The van der Waals surface area contributed by atoms with Gasteiger partial charge in [-0.3, -0.25) is 15.0 Å². The third-order valence-corrected chi connectivity index (χ3v) is 28.1. The fourth-order valence-electron chi connectivity index (χ4n) is 20.1. The molecule has 0 bridgehead atoms. The van der Waals surface area contributed by atoms with Gasteiger partial charge in [0.25, 0.3) is 0 Å². The van der Waals surface area contributed by atoms with Gasteiger partial charge in [-0.25, -0.2) is 29.9 Å². The van der Waals surface area contributed by atoms with Crippen LogP contribution < -0.4 is 0 Å². The topological polar surface area (TPSA) is 116 Å². The Balaban J connectivity index is 0.000000116. The number of para-hydroxylation sites is 3. The maximum Gasteiger partial charge on any atom is 0.160 e. The summed E-state index contributed by atoms with van der Waals surface area (Å²) in [7, 11) is 0. The molecule has 702 valence electrons. The fraction of sp³-hybridized carbons (Fsp3) is 0. The van der Waals surface area contributed by atoms with Gasteiger partial charge in [0.05, 0.1) is 50.7 Å².